The van der Waals surface area contributed by atoms with E-state index in [2.05, 4.69) is 5.43 Å². The molecule has 0 saturated carbocycles. The van der Waals surface area contributed by atoms with Crippen LogP contribution in [0.2, 0.25) is 0 Å². The second-order valence-corrected chi connectivity index (χ2v) is 6.56. The average Bonchev–Trinajstić information content (AvgIpc) is 2.84. The Labute approximate surface area is 102 Å². The standard InChI is InChI=1S/C11H19N3O2S/c12-13-11-5-3-10(4-6-11)9-17(15,16)14-7-1-2-8-14/h3,5-6,10,13H,1-2,4,7-9,12H2. The van der Waals surface area contributed by atoms with Crippen LogP contribution in [-0.2, 0) is 10.0 Å². The number of hydrazine groups is 1. The van der Waals surface area contributed by atoms with Crippen LogP contribution >= 0.6 is 0 Å². The molecular weight excluding hydrogens is 238 g/mol. The fourth-order valence-electron chi connectivity index (χ4n) is 2.24. The largest absolute Gasteiger partial charge is 0.324 e. The van der Waals surface area contributed by atoms with E-state index in [1.54, 1.807) is 4.31 Å². The van der Waals surface area contributed by atoms with Crippen LogP contribution in [0.5, 0.6) is 0 Å². The van der Waals surface area contributed by atoms with E-state index in [-0.39, 0.29) is 11.7 Å². The summed E-state index contributed by atoms with van der Waals surface area (Å²) in [6.45, 7) is 1.37. The van der Waals surface area contributed by atoms with Gasteiger partial charge >= 0.3 is 0 Å². The molecule has 2 aliphatic rings. The maximum atomic E-state index is 12.1. The predicted molar refractivity (Wildman–Crippen MR) is 67.2 cm³/mol. The second-order valence-electron chi connectivity index (χ2n) is 4.54. The van der Waals surface area contributed by atoms with Crippen LogP contribution < -0.4 is 11.3 Å². The quantitative estimate of drug-likeness (QED) is 0.562. The van der Waals surface area contributed by atoms with Gasteiger partial charge in [-0.05, 0) is 31.3 Å². The summed E-state index contributed by atoms with van der Waals surface area (Å²) in [6, 6.07) is 0. The molecule has 0 aromatic rings. The van der Waals surface area contributed by atoms with Crippen LogP contribution in [0.1, 0.15) is 19.3 Å². The molecule has 17 heavy (non-hydrogen) atoms. The van der Waals surface area contributed by atoms with Gasteiger partial charge in [0, 0.05) is 18.8 Å². The number of allylic oxidation sites excluding steroid dienone is 3. The molecule has 1 aliphatic carbocycles. The zero-order valence-electron chi connectivity index (χ0n) is 9.80. The highest BCUT2D eigenvalue weighted by Crippen LogP contribution is 2.20. The van der Waals surface area contributed by atoms with E-state index in [9.17, 15) is 8.42 Å². The lowest BCUT2D eigenvalue weighted by atomic mass is 10.0. The SMILES string of the molecule is NNC1=CCC(CS(=O)(=O)N2CCCC2)C=C1. The predicted octanol–water partition coefficient (Wildman–Crippen LogP) is 0.335. The van der Waals surface area contributed by atoms with E-state index in [0.717, 1.165) is 25.0 Å². The molecule has 96 valence electrons. The van der Waals surface area contributed by atoms with Gasteiger partial charge < -0.3 is 5.43 Å². The fraction of sp³-hybridized carbons (Fsp3) is 0.636. The number of nitrogens with one attached hydrogen (secondary N) is 1. The van der Waals surface area contributed by atoms with Gasteiger partial charge in [0.05, 0.1) is 5.75 Å². The van der Waals surface area contributed by atoms with Gasteiger partial charge in [0.25, 0.3) is 0 Å². The van der Waals surface area contributed by atoms with Crippen LogP contribution in [0.4, 0.5) is 0 Å². The van der Waals surface area contributed by atoms with Gasteiger partial charge in [0.2, 0.25) is 10.0 Å². The van der Waals surface area contributed by atoms with E-state index in [0.29, 0.717) is 13.1 Å². The molecule has 1 atom stereocenters. The topological polar surface area (TPSA) is 75.4 Å². The summed E-state index contributed by atoms with van der Waals surface area (Å²) in [5.41, 5.74) is 3.40. The van der Waals surface area contributed by atoms with Crippen molar-refractivity contribution in [2.45, 2.75) is 19.3 Å². The van der Waals surface area contributed by atoms with Crippen molar-refractivity contribution in [1.29, 1.82) is 0 Å². The average molecular weight is 257 g/mol. The van der Waals surface area contributed by atoms with Crippen LogP contribution in [0.3, 0.4) is 0 Å². The third-order valence-electron chi connectivity index (χ3n) is 3.24. The van der Waals surface area contributed by atoms with Crippen molar-refractivity contribution in [3.05, 3.63) is 23.9 Å². The molecule has 1 fully saturated rings. The van der Waals surface area contributed by atoms with E-state index in [1.165, 1.54) is 0 Å². The van der Waals surface area contributed by atoms with E-state index >= 15 is 0 Å². The Morgan fingerprint density at radius 1 is 1.41 bits per heavy atom. The monoisotopic (exact) mass is 257 g/mol. The Balaban J connectivity index is 1.94. The second kappa shape index (κ2) is 5.20. The summed E-state index contributed by atoms with van der Waals surface area (Å²) >= 11 is 0. The molecule has 0 bridgehead atoms. The molecule has 5 nitrogen and oxygen atoms in total. The van der Waals surface area contributed by atoms with E-state index < -0.39 is 10.0 Å². The summed E-state index contributed by atoms with van der Waals surface area (Å²) in [7, 11) is -3.08. The molecule has 1 aliphatic heterocycles. The number of nitrogens with two attached hydrogens (primary N) is 1. The maximum Gasteiger partial charge on any atom is 0.214 e. The van der Waals surface area contributed by atoms with Crippen LogP contribution in [0, 0.1) is 5.92 Å². The van der Waals surface area contributed by atoms with Gasteiger partial charge in [0.1, 0.15) is 0 Å². The molecule has 0 radical (unpaired) electrons. The third-order valence-corrected chi connectivity index (χ3v) is 5.24. The van der Waals surface area contributed by atoms with Gasteiger partial charge in [-0.1, -0.05) is 12.2 Å². The minimum Gasteiger partial charge on any atom is -0.324 e. The van der Waals surface area contributed by atoms with E-state index in [4.69, 9.17) is 5.84 Å². The zero-order chi connectivity index (χ0) is 12.3. The van der Waals surface area contributed by atoms with Crippen molar-refractivity contribution in [2.24, 2.45) is 11.8 Å². The van der Waals surface area contributed by atoms with Gasteiger partial charge in [0.15, 0.2) is 0 Å². The maximum absolute atomic E-state index is 12.1. The molecule has 3 N–H and O–H groups in total. The Kier molecular flexibility index (Phi) is 3.86. The first-order chi connectivity index (χ1) is 8.12. The highest BCUT2D eigenvalue weighted by atomic mass is 32.2. The van der Waals surface area contributed by atoms with E-state index in [1.807, 2.05) is 18.2 Å². The molecule has 0 spiro atoms. The van der Waals surface area contributed by atoms with Crippen molar-refractivity contribution >= 4 is 10.0 Å². The number of hydrogen-bond donors (Lipinski definition) is 2. The van der Waals surface area contributed by atoms with Gasteiger partial charge in [-0.15, -0.1) is 0 Å². The third kappa shape index (κ3) is 3.08. The smallest absolute Gasteiger partial charge is 0.214 e. The van der Waals surface area contributed by atoms with Gasteiger partial charge in [-0.2, -0.15) is 0 Å². The van der Waals surface area contributed by atoms with Crippen molar-refractivity contribution < 1.29 is 8.42 Å². The van der Waals surface area contributed by atoms with Gasteiger partial charge in [-0.3, -0.25) is 5.84 Å². The molecule has 0 amide bonds. The summed E-state index contributed by atoms with van der Waals surface area (Å²) in [5.74, 6) is 5.55. The fourth-order valence-corrected chi connectivity index (χ4v) is 4.05. The lowest BCUT2D eigenvalue weighted by Crippen LogP contribution is -2.33. The molecule has 1 saturated heterocycles. The lowest BCUT2D eigenvalue weighted by Gasteiger charge is -2.20. The first kappa shape index (κ1) is 12.6. The lowest BCUT2D eigenvalue weighted by molar-refractivity contribution is 0.470. The summed E-state index contributed by atoms with van der Waals surface area (Å²) in [6.07, 6.45) is 8.39. The Morgan fingerprint density at radius 2 is 2.12 bits per heavy atom. The molecule has 1 unspecified atom stereocenters. The number of nitrogens with zero attached hydrogens (tertiary/aromatic N) is 1. The Hall–Kier alpha value is -0.850. The molecule has 0 aromatic heterocycles. The molecular formula is C11H19N3O2S. The highest BCUT2D eigenvalue weighted by molar-refractivity contribution is 7.89. The molecule has 6 heteroatoms. The minimum absolute atomic E-state index is 0.0673. The summed E-state index contributed by atoms with van der Waals surface area (Å²) in [4.78, 5) is 0. The highest BCUT2D eigenvalue weighted by Gasteiger charge is 2.27. The summed E-state index contributed by atoms with van der Waals surface area (Å²) in [5, 5.41) is 0. The number of rotatable bonds is 4. The van der Waals surface area contributed by atoms with Crippen molar-refractivity contribution in [2.75, 3.05) is 18.8 Å². The minimum atomic E-state index is -3.08. The number of hydrogen-bond acceptors (Lipinski definition) is 4. The number of sulfonamides is 1. The van der Waals surface area contributed by atoms with Crippen LogP contribution in [-0.4, -0.2) is 31.6 Å². The summed E-state index contributed by atoms with van der Waals surface area (Å²) < 4.78 is 25.8. The Bertz CT molecular complexity index is 422. The van der Waals surface area contributed by atoms with Crippen molar-refractivity contribution in [1.82, 2.24) is 9.73 Å². The van der Waals surface area contributed by atoms with Gasteiger partial charge in [-0.25, -0.2) is 12.7 Å². The van der Waals surface area contributed by atoms with Crippen LogP contribution in [0.15, 0.2) is 23.9 Å². The molecule has 0 aromatic carbocycles. The normalized spacial score (nSPS) is 25.9. The zero-order valence-corrected chi connectivity index (χ0v) is 10.6. The molecule has 2 rings (SSSR count). The Morgan fingerprint density at radius 3 is 2.65 bits per heavy atom. The van der Waals surface area contributed by atoms with Crippen molar-refractivity contribution in [3.8, 4) is 0 Å². The molecule has 1 heterocycles. The first-order valence-electron chi connectivity index (χ1n) is 5.94. The van der Waals surface area contributed by atoms with Crippen LogP contribution in [0.25, 0.3) is 0 Å². The van der Waals surface area contributed by atoms with Crippen molar-refractivity contribution in [3.63, 3.8) is 0 Å². The first-order valence-corrected chi connectivity index (χ1v) is 7.55.